The van der Waals surface area contributed by atoms with Gasteiger partial charge >= 0.3 is 0 Å². The monoisotopic (exact) mass is 242 g/mol. The topological polar surface area (TPSA) is 58.6 Å². The van der Waals surface area contributed by atoms with Gasteiger partial charge in [0.1, 0.15) is 6.29 Å². The van der Waals surface area contributed by atoms with E-state index in [0.29, 0.717) is 19.5 Å². The Morgan fingerprint density at radius 3 is 2.71 bits per heavy atom. The molecule has 1 aliphatic rings. The average Bonchev–Trinajstić information content (AvgIpc) is 2.35. The molecule has 0 bridgehead atoms. The Hall–Kier alpha value is -0.940. The lowest BCUT2D eigenvalue weighted by molar-refractivity contribution is -0.123. The standard InChI is InChI=1S/C12H22N2O3/c15-8-4-2-1-3-5-13-12(16)11-14-6-9-17-10-7-14/h8H,1-7,9-11H2,(H,13,16). The third-order valence-corrected chi connectivity index (χ3v) is 2.79. The number of aldehydes is 1. The second-order valence-corrected chi connectivity index (χ2v) is 4.25. The zero-order chi connectivity index (χ0) is 12.3. The molecule has 1 heterocycles. The zero-order valence-electron chi connectivity index (χ0n) is 10.3. The van der Waals surface area contributed by atoms with Gasteiger partial charge in [-0.3, -0.25) is 9.69 Å². The SMILES string of the molecule is O=CCCCCCNC(=O)CN1CCOCC1. The quantitative estimate of drug-likeness (QED) is 0.488. The van der Waals surface area contributed by atoms with Crippen molar-refractivity contribution in [2.45, 2.75) is 25.7 Å². The van der Waals surface area contributed by atoms with E-state index in [1.807, 2.05) is 0 Å². The summed E-state index contributed by atoms with van der Waals surface area (Å²) in [6, 6.07) is 0. The molecule has 1 amide bonds. The molecule has 0 saturated carbocycles. The fourth-order valence-corrected chi connectivity index (χ4v) is 1.78. The van der Waals surface area contributed by atoms with Gasteiger partial charge in [-0.1, -0.05) is 6.42 Å². The van der Waals surface area contributed by atoms with E-state index < -0.39 is 0 Å². The third kappa shape index (κ3) is 7.07. The van der Waals surface area contributed by atoms with E-state index in [1.165, 1.54) is 0 Å². The molecule has 0 aromatic rings. The summed E-state index contributed by atoms with van der Waals surface area (Å²) in [5.41, 5.74) is 0. The molecule has 0 unspecified atom stereocenters. The first-order chi connectivity index (χ1) is 8.33. The highest BCUT2D eigenvalue weighted by Crippen LogP contribution is 1.97. The van der Waals surface area contributed by atoms with Gasteiger partial charge in [0.15, 0.2) is 0 Å². The van der Waals surface area contributed by atoms with E-state index in [4.69, 9.17) is 4.74 Å². The minimum Gasteiger partial charge on any atom is -0.379 e. The van der Waals surface area contributed by atoms with E-state index in [2.05, 4.69) is 10.2 Å². The lowest BCUT2D eigenvalue weighted by Gasteiger charge is -2.25. The zero-order valence-corrected chi connectivity index (χ0v) is 10.3. The molecule has 0 atom stereocenters. The van der Waals surface area contributed by atoms with Gasteiger partial charge in [0.05, 0.1) is 19.8 Å². The Kier molecular flexibility index (Phi) is 7.58. The largest absolute Gasteiger partial charge is 0.379 e. The normalized spacial score (nSPS) is 16.7. The summed E-state index contributed by atoms with van der Waals surface area (Å²) in [5, 5.41) is 2.90. The molecule has 0 spiro atoms. The van der Waals surface area contributed by atoms with Crippen molar-refractivity contribution in [3.8, 4) is 0 Å². The fourth-order valence-electron chi connectivity index (χ4n) is 1.78. The predicted molar refractivity (Wildman–Crippen MR) is 64.8 cm³/mol. The molecule has 98 valence electrons. The molecule has 1 fully saturated rings. The number of hydrogen-bond donors (Lipinski definition) is 1. The molecule has 0 radical (unpaired) electrons. The molecule has 0 aromatic carbocycles. The van der Waals surface area contributed by atoms with Crippen molar-refractivity contribution in [1.29, 1.82) is 0 Å². The van der Waals surface area contributed by atoms with Crippen molar-refractivity contribution >= 4 is 12.2 Å². The molecule has 5 heteroatoms. The lowest BCUT2D eigenvalue weighted by Crippen LogP contribution is -2.43. The Balaban J connectivity index is 1.95. The molecule has 0 aliphatic carbocycles. The van der Waals surface area contributed by atoms with Crippen LogP contribution in [-0.4, -0.2) is 56.5 Å². The highest BCUT2D eigenvalue weighted by Gasteiger charge is 2.13. The summed E-state index contributed by atoms with van der Waals surface area (Å²) in [6.45, 7) is 4.30. The van der Waals surface area contributed by atoms with Gasteiger partial charge in [0, 0.05) is 26.1 Å². The Morgan fingerprint density at radius 2 is 2.00 bits per heavy atom. The highest BCUT2D eigenvalue weighted by atomic mass is 16.5. The van der Waals surface area contributed by atoms with Crippen molar-refractivity contribution in [3.63, 3.8) is 0 Å². The van der Waals surface area contributed by atoms with Crippen LogP contribution in [0.1, 0.15) is 25.7 Å². The van der Waals surface area contributed by atoms with Crippen molar-refractivity contribution in [2.24, 2.45) is 0 Å². The second kappa shape index (κ2) is 9.13. The van der Waals surface area contributed by atoms with Crippen LogP contribution in [0.5, 0.6) is 0 Å². The lowest BCUT2D eigenvalue weighted by atomic mass is 10.2. The van der Waals surface area contributed by atoms with E-state index in [-0.39, 0.29) is 5.91 Å². The number of hydrogen-bond acceptors (Lipinski definition) is 4. The van der Waals surface area contributed by atoms with Crippen LogP contribution in [0.4, 0.5) is 0 Å². The van der Waals surface area contributed by atoms with Gasteiger partial charge < -0.3 is 14.8 Å². The summed E-state index contributed by atoms with van der Waals surface area (Å²) in [4.78, 5) is 23.7. The number of amides is 1. The fraction of sp³-hybridized carbons (Fsp3) is 0.833. The molecule has 1 N–H and O–H groups in total. The third-order valence-electron chi connectivity index (χ3n) is 2.79. The summed E-state index contributed by atoms with van der Waals surface area (Å²) in [5.74, 6) is 0.0855. The van der Waals surface area contributed by atoms with E-state index in [1.54, 1.807) is 0 Å². The minimum atomic E-state index is 0.0855. The van der Waals surface area contributed by atoms with E-state index in [9.17, 15) is 9.59 Å². The van der Waals surface area contributed by atoms with Crippen LogP contribution in [0.15, 0.2) is 0 Å². The molecule has 1 rings (SSSR count). The van der Waals surface area contributed by atoms with Gasteiger partial charge in [-0.15, -0.1) is 0 Å². The first-order valence-corrected chi connectivity index (χ1v) is 6.33. The number of rotatable bonds is 8. The maximum absolute atomic E-state index is 11.6. The van der Waals surface area contributed by atoms with Crippen LogP contribution in [0.3, 0.4) is 0 Å². The first-order valence-electron chi connectivity index (χ1n) is 6.33. The summed E-state index contributed by atoms with van der Waals surface area (Å²) in [7, 11) is 0. The minimum absolute atomic E-state index is 0.0855. The number of carbonyl (C=O) groups is 2. The Bertz CT molecular complexity index is 228. The molecule has 0 aromatic heterocycles. The van der Waals surface area contributed by atoms with Crippen LogP contribution in [-0.2, 0) is 14.3 Å². The average molecular weight is 242 g/mol. The molecular weight excluding hydrogens is 220 g/mol. The van der Waals surface area contributed by atoms with Gasteiger partial charge in [0.25, 0.3) is 0 Å². The summed E-state index contributed by atoms with van der Waals surface area (Å²) in [6.07, 6.45) is 4.43. The second-order valence-electron chi connectivity index (χ2n) is 4.25. The summed E-state index contributed by atoms with van der Waals surface area (Å²) >= 11 is 0. The van der Waals surface area contributed by atoms with E-state index >= 15 is 0 Å². The van der Waals surface area contributed by atoms with Crippen molar-refractivity contribution in [1.82, 2.24) is 10.2 Å². The van der Waals surface area contributed by atoms with Crippen molar-refractivity contribution in [3.05, 3.63) is 0 Å². The number of carbonyl (C=O) groups excluding carboxylic acids is 2. The van der Waals surface area contributed by atoms with Crippen molar-refractivity contribution < 1.29 is 14.3 Å². The molecular formula is C12H22N2O3. The van der Waals surface area contributed by atoms with Gasteiger partial charge in [-0.05, 0) is 12.8 Å². The molecule has 1 saturated heterocycles. The molecule has 1 aliphatic heterocycles. The van der Waals surface area contributed by atoms with Crippen molar-refractivity contribution in [2.75, 3.05) is 39.4 Å². The van der Waals surface area contributed by atoms with Gasteiger partial charge in [0.2, 0.25) is 5.91 Å². The maximum atomic E-state index is 11.6. The number of nitrogens with zero attached hydrogens (tertiary/aromatic N) is 1. The summed E-state index contributed by atoms with van der Waals surface area (Å²) < 4.78 is 5.22. The van der Waals surface area contributed by atoms with E-state index in [0.717, 1.165) is 51.9 Å². The Labute approximate surface area is 102 Å². The van der Waals surface area contributed by atoms with Crippen LogP contribution >= 0.6 is 0 Å². The van der Waals surface area contributed by atoms with Crippen LogP contribution in [0, 0.1) is 0 Å². The molecule has 5 nitrogen and oxygen atoms in total. The van der Waals surface area contributed by atoms with Crippen LogP contribution in [0.25, 0.3) is 0 Å². The van der Waals surface area contributed by atoms with Gasteiger partial charge in [-0.25, -0.2) is 0 Å². The maximum Gasteiger partial charge on any atom is 0.234 e. The number of morpholine rings is 1. The number of unbranched alkanes of at least 4 members (excludes halogenated alkanes) is 3. The molecule has 17 heavy (non-hydrogen) atoms. The first kappa shape index (κ1) is 14.1. The predicted octanol–water partition coefficient (Wildman–Crippen LogP) is 0.194. The van der Waals surface area contributed by atoms with Crippen LogP contribution in [0.2, 0.25) is 0 Å². The van der Waals surface area contributed by atoms with Gasteiger partial charge in [-0.2, -0.15) is 0 Å². The Morgan fingerprint density at radius 1 is 1.24 bits per heavy atom. The van der Waals surface area contributed by atoms with Crippen LogP contribution < -0.4 is 5.32 Å². The highest BCUT2D eigenvalue weighted by molar-refractivity contribution is 5.77. The smallest absolute Gasteiger partial charge is 0.234 e. The number of nitrogens with one attached hydrogen (secondary N) is 1. The number of ether oxygens (including phenoxy) is 1.